The molecule has 1 aromatic heterocycles. The monoisotopic (exact) mass is 403 g/mol. The van der Waals surface area contributed by atoms with Crippen molar-refractivity contribution in [1.29, 1.82) is 0 Å². The SMILES string of the molecule is O=C1NC(c2cccc(Oc3ccccc3)c2)c2c1oc1ccc(Cl)cc1c2=O. The molecule has 1 N–H and O–H groups in total. The van der Waals surface area contributed by atoms with E-state index in [-0.39, 0.29) is 16.8 Å². The molecule has 4 aromatic rings. The van der Waals surface area contributed by atoms with Crippen LogP contribution in [-0.4, -0.2) is 5.91 Å². The largest absolute Gasteiger partial charge is 0.457 e. The van der Waals surface area contributed by atoms with E-state index in [1.807, 2.05) is 48.5 Å². The number of nitrogens with one attached hydrogen (secondary N) is 1. The Morgan fingerprint density at radius 2 is 1.69 bits per heavy atom. The number of hydrogen-bond donors (Lipinski definition) is 1. The Morgan fingerprint density at radius 3 is 2.52 bits per heavy atom. The van der Waals surface area contributed by atoms with Gasteiger partial charge in [0.25, 0.3) is 5.91 Å². The first-order valence-corrected chi connectivity index (χ1v) is 9.38. The number of hydrogen-bond acceptors (Lipinski definition) is 4. The maximum atomic E-state index is 13.1. The summed E-state index contributed by atoms with van der Waals surface area (Å²) in [5.41, 5.74) is 1.05. The standard InChI is InChI=1S/C23H14ClNO4/c24-14-9-10-18-17(12-14)21(26)19-20(25-23(27)22(19)29-18)13-5-4-8-16(11-13)28-15-6-2-1-3-7-15/h1-12,20H,(H,25,27). The Balaban J connectivity index is 1.60. The predicted molar refractivity (Wildman–Crippen MR) is 110 cm³/mol. The number of carbonyl (C=O) groups is 1. The van der Waals surface area contributed by atoms with Crippen molar-refractivity contribution >= 4 is 28.5 Å². The fourth-order valence-electron chi connectivity index (χ4n) is 3.51. The minimum Gasteiger partial charge on any atom is -0.457 e. The number of halogens is 1. The molecule has 0 spiro atoms. The number of para-hydroxylation sites is 1. The van der Waals surface area contributed by atoms with Gasteiger partial charge in [0.1, 0.15) is 17.1 Å². The molecule has 142 valence electrons. The fourth-order valence-corrected chi connectivity index (χ4v) is 3.69. The molecular formula is C23H14ClNO4. The Labute approximate surface area is 170 Å². The van der Waals surface area contributed by atoms with Crippen molar-refractivity contribution < 1.29 is 13.9 Å². The minimum absolute atomic E-state index is 0.0317. The average Bonchev–Trinajstić information content (AvgIpc) is 3.06. The van der Waals surface area contributed by atoms with Crippen molar-refractivity contribution in [2.75, 3.05) is 0 Å². The first-order chi connectivity index (χ1) is 14.1. The molecule has 29 heavy (non-hydrogen) atoms. The van der Waals surface area contributed by atoms with Gasteiger partial charge in [-0.15, -0.1) is 0 Å². The Morgan fingerprint density at radius 1 is 0.897 bits per heavy atom. The molecule has 5 rings (SSSR count). The van der Waals surface area contributed by atoms with Crippen molar-refractivity contribution in [3.8, 4) is 11.5 Å². The number of amides is 1. The zero-order valence-electron chi connectivity index (χ0n) is 15.0. The first kappa shape index (κ1) is 17.5. The first-order valence-electron chi connectivity index (χ1n) is 9.00. The second kappa shape index (κ2) is 6.79. The van der Waals surface area contributed by atoms with Crippen molar-refractivity contribution in [2.45, 2.75) is 6.04 Å². The zero-order chi connectivity index (χ0) is 20.0. The summed E-state index contributed by atoms with van der Waals surface area (Å²) >= 11 is 6.04. The van der Waals surface area contributed by atoms with Gasteiger partial charge in [-0.05, 0) is 48.0 Å². The van der Waals surface area contributed by atoms with Gasteiger partial charge < -0.3 is 14.5 Å². The highest BCUT2D eigenvalue weighted by atomic mass is 35.5. The fraction of sp³-hybridized carbons (Fsp3) is 0.0435. The van der Waals surface area contributed by atoms with Crippen LogP contribution in [0.2, 0.25) is 5.02 Å². The van der Waals surface area contributed by atoms with Gasteiger partial charge in [0.15, 0.2) is 5.43 Å². The Bertz CT molecular complexity index is 1310. The van der Waals surface area contributed by atoms with E-state index in [0.29, 0.717) is 27.5 Å². The zero-order valence-corrected chi connectivity index (χ0v) is 15.8. The van der Waals surface area contributed by atoms with Crippen LogP contribution in [0.15, 0.2) is 82.0 Å². The van der Waals surface area contributed by atoms with Gasteiger partial charge in [-0.3, -0.25) is 9.59 Å². The molecule has 0 radical (unpaired) electrons. The quantitative estimate of drug-likeness (QED) is 0.518. The molecule has 3 aromatic carbocycles. The molecule has 0 fully saturated rings. The summed E-state index contributed by atoms with van der Waals surface area (Å²) in [6, 6.07) is 20.8. The van der Waals surface area contributed by atoms with E-state index in [4.69, 9.17) is 20.8 Å². The minimum atomic E-state index is -0.628. The summed E-state index contributed by atoms with van der Waals surface area (Å²) in [6.45, 7) is 0. The average molecular weight is 404 g/mol. The third kappa shape index (κ3) is 3.05. The molecule has 0 aliphatic carbocycles. The highest BCUT2D eigenvalue weighted by Crippen LogP contribution is 2.33. The molecule has 1 unspecified atom stereocenters. The second-order valence-corrected chi connectivity index (χ2v) is 7.14. The van der Waals surface area contributed by atoms with Gasteiger partial charge >= 0.3 is 0 Å². The second-order valence-electron chi connectivity index (χ2n) is 6.71. The molecule has 5 nitrogen and oxygen atoms in total. The van der Waals surface area contributed by atoms with Crippen LogP contribution in [0.4, 0.5) is 0 Å². The van der Waals surface area contributed by atoms with E-state index < -0.39 is 11.9 Å². The topological polar surface area (TPSA) is 68.5 Å². The molecule has 1 aliphatic rings. The third-order valence-electron chi connectivity index (χ3n) is 4.83. The van der Waals surface area contributed by atoms with Crippen molar-refractivity contribution in [3.63, 3.8) is 0 Å². The molecule has 0 saturated heterocycles. The van der Waals surface area contributed by atoms with E-state index in [0.717, 1.165) is 5.56 Å². The molecular weight excluding hydrogens is 390 g/mol. The lowest BCUT2D eigenvalue weighted by Crippen LogP contribution is -2.21. The van der Waals surface area contributed by atoms with Gasteiger partial charge in [0.05, 0.1) is 17.0 Å². The van der Waals surface area contributed by atoms with E-state index in [1.165, 1.54) is 0 Å². The Kier molecular flexibility index (Phi) is 4.11. The van der Waals surface area contributed by atoms with E-state index in [1.54, 1.807) is 24.3 Å². The van der Waals surface area contributed by atoms with Crippen molar-refractivity contribution in [1.82, 2.24) is 5.32 Å². The number of rotatable bonds is 3. The summed E-state index contributed by atoms with van der Waals surface area (Å²) in [7, 11) is 0. The van der Waals surface area contributed by atoms with Crippen LogP contribution in [0.25, 0.3) is 11.0 Å². The smallest absolute Gasteiger partial charge is 0.288 e. The molecule has 1 amide bonds. The third-order valence-corrected chi connectivity index (χ3v) is 5.06. The molecule has 0 bridgehead atoms. The van der Waals surface area contributed by atoms with Crippen LogP contribution >= 0.6 is 11.6 Å². The van der Waals surface area contributed by atoms with Crippen LogP contribution in [0.1, 0.15) is 27.7 Å². The van der Waals surface area contributed by atoms with Gasteiger partial charge in [-0.25, -0.2) is 0 Å². The van der Waals surface area contributed by atoms with Crippen LogP contribution in [0, 0.1) is 0 Å². The van der Waals surface area contributed by atoms with Crippen LogP contribution in [-0.2, 0) is 0 Å². The van der Waals surface area contributed by atoms with Gasteiger partial charge in [0, 0.05) is 5.02 Å². The maximum Gasteiger partial charge on any atom is 0.288 e. The lowest BCUT2D eigenvalue weighted by Gasteiger charge is -2.13. The van der Waals surface area contributed by atoms with Crippen LogP contribution in [0.5, 0.6) is 11.5 Å². The number of ether oxygens (including phenoxy) is 1. The summed E-state index contributed by atoms with van der Waals surface area (Å²) in [6.07, 6.45) is 0. The van der Waals surface area contributed by atoms with Crippen molar-refractivity contribution in [2.24, 2.45) is 0 Å². The van der Waals surface area contributed by atoms with Crippen molar-refractivity contribution in [3.05, 3.63) is 105 Å². The van der Waals surface area contributed by atoms with Crippen LogP contribution < -0.4 is 15.5 Å². The number of carbonyl (C=O) groups excluding carboxylic acids is 1. The molecule has 6 heteroatoms. The van der Waals surface area contributed by atoms with Gasteiger partial charge in [0.2, 0.25) is 5.76 Å². The predicted octanol–water partition coefficient (Wildman–Crippen LogP) is 5.07. The summed E-state index contributed by atoms with van der Waals surface area (Å²) in [5.74, 6) is 0.905. The highest BCUT2D eigenvalue weighted by Gasteiger charge is 2.36. The highest BCUT2D eigenvalue weighted by molar-refractivity contribution is 6.31. The van der Waals surface area contributed by atoms with Crippen LogP contribution in [0.3, 0.4) is 0 Å². The molecule has 0 saturated carbocycles. The van der Waals surface area contributed by atoms with Gasteiger partial charge in [-0.2, -0.15) is 0 Å². The molecule has 1 atom stereocenters. The number of benzene rings is 3. The maximum absolute atomic E-state index is 13.1. The summed E-state index contributed by atoms with van der Waals surface area (Å²) in [5, 5.41) is 3.61. The number of fused-ring (bicyclic) bond motifs is 2. The van der Waals surface area contributed by atoms with Gasteiger partial charge in [-0.1, -0.05) is 41.9 Å². The summed E-state index contributed by atoms with van der Waals surface area (Å²) in [4.78, 5) is 25.6. The Hall–Kier alpha value is -3.57. The summed E-state index contributed by atoms with van der Waals surface area (Å²) < 4.78 is 11.6. The van der Waals surface area contributed by atoms with E-state index in [2.05, 4.69) is 5.32 Å². The van der Waals surface area contributed by atoms with E-state index in [9.17, 15) is 9.59 Å². The molecule has 2 heterocycles. The lowest BCUT2D eigenvalue weighted by atomic mass is 9.99. The van der Waals surface area contributed by atoms with E-state index >= 15 is 0 Å². The molecule has 1 aliphatic heterocycles. The lowest BCUT2D eigenvalue weighted by molar-refractivity contribution is 0.0938. The normalized spacial score (nSPS) is 15.2.